The van der Waals surface area contributed by atoms with E-state index in [-0.39, 0.29) is 24.2 Å². The maximum atomic E-state index is 12.3. The van der Waals surface area contributed by atoms with Gasteiger partial charge in [0.05, 0.1) is 31.7 Å². The van der Waals surface area contributed by atoms with Crippen LogP contribution in [0.5, 0.6) is 5.75 Å². The number of carbonyl (C=O) groups is 1. The number of aliphatic hydroxyl groups is 3. The molecule has 0 fully saturated rings. The quantitative estimate of drug-likeness (QED) is 0.177. The first-order valence-electron chi connectivity index (χ1n) is 14.3. The van der Waals surface area contributed by atoms with Gasteiger partial charge in [0.25, 0.3) is 5.91 Å². The summed E-state index contributed by atoms with van der Waals surface area (Å²) in [5, 5.41) is 35.7. The van der Waals surface area contributed by atoms with E-state index in [1.54, 1.807) is 12.2 Å². The smallest absolute Gasteiger partial charge is 0.251 e. The van der Waals surface area contributed by atoms with Crippen LogP contribution < -0.4 is 15.4 Å². The number of nitrogens with one attached hydrogen (secondary N) is 2. The molecular formula is C32H44N2O6. The fourth-order valence-electron chi connectivity index (χ4n) is 4.44. The molecule has 0 spiro atoms. The summed E-state index contributed by atoms with van der Waals surface area (Å²) in [6.07, 6.45) is 7.13. The Morgan fingerprint density at radius 3 is 2.65 bits per heavy atom. The SMILES string of the molecule is CCCCCNC(=O)c1cccc(COCCOc2ccc(CCNCC(O)C3=CC=C(O)C(CO)C3)cc2)c1. The Morgan fingerprint density at radius 1 is 1.05 bits per heavy atom. The number of unbranched alkanes of at least 4 members (excludes halogenated alkanes) is 2. The summed E-state index contributed by atoms with van der Waals surface area (Å²) in [4.78, 5) is 12.3. The second-order valence-electron chi connectivity index (χ2n) is 10.1. The van der Waals surface area contributed by atoms with Crippen LogP contribution in [0.2, 0.25) is 0 Å². The monoisotopic (exact) mass is 552 g/mol. The van der Waals surface area contributed by atoms with E-state index in [2.05, 4.69) is 17.6 Å². The standard InChI is InChI=1S/C32H44N2O6/c1-2-3-4-15-34-32(38)27-7-5-6-25(19-27)23-39-17-18-40-29-11-8-24(9-12-29)14-16-33-21-31(37)26-10-13-30(36)28(20-26)22-35/h5-13,19,28,31,33,35-37H,2-4,14-18,20-23H2,1H3,(H,34,38). The molecule has 1 amide bonds. The molecule has 0 saturated heterocycles. The van der Waals surface area contributed by atoms with Crippen LogP contribution in [0.1, 0.15) is 54.1 Å². The van der Waals surface area contributed by atoms with Crippen molar-refractivity contribution in [3.05, 3.63) is 88.7 Å². The molecule has 218 valence electrons. The molecule has 0 aliphatic heterocycles. The summed E-state index contributed by atoms with van der Waals surface area (Å²) in [5.41, 5.74) is 3.57. The van der Waals surface area contributed by atoms with Crippen molar-refractivity contribution in [2.45, 2.75) is 51.7 Å². The van der Waals surface area contributed by atoms with Crippen molar-refractivity contribution < 1.29 is 29.6 Å². The van der Waals surface area contributed by atoms with Crippen molar-refractivity contribution in [1.29, 1.82) is 0 Å². The topological polar surface area (TPSA) is 120 Å². The van der Waals surface area contributed by atoms with E-state index in [1.807, 2.05) is 48.5 Å². The molecule has 0 aromatic heterocycles. The van der Waals surface area contributed by atoms with E-state index >= 15 is 0 Å². The Bertz CT molecular complexity index is 1100. The first-order valence-corrected chi connectivity index (χ1v) is 14.3. The van der Waals surface area contributed by atoms with Gasteiger partial charge in [-0.25, -0.2) is 0 Å². The van der Waals surface area contributed by atoms with Crippen molar-refractivity contribution in [2.24, 2.45) is 5.92 Å². The van der Waals surface area contributed by atoms with Crippen LogP contribution >= 0.6 is 0 Å². The van der Waals surface area contributed by atoms with Crippen LogP contribution in [0.15, 0.2) is 72.0 Å². The number of aliphatic hydroxyl groups excluding tert-OH is 3. The number of amides is 1. The van der Waals surface area contributed by atoms with Crippen LogP contribution in [0, 0.1) is 5.92 Å². The van der Waals surface area contributed by atoms with Gasteiger partial charge in [0.2, 0.25) is 0 Å². The highest BCUT2D eigenvalue weighted by atomic mass is 16.5. The molecule has 2 unspecified atom stereocenters. The Labute approximate surface area is 237 Å². The van der Waals surface area contributed by atoms with E-state index in [1.165, 1.54) is 0 Å². The Hall–Kier alpha value is -3.17. The summed E-state index contributed by atoms with van der Waals surface area (Å²) in [6, 6.07) is 15.4. The van der Waals surface area contributed by atoms with E-state index in [0.29, 0.717) is 51.4 Å². The molecule has 0 saturated carbocycles. The van der Waals surface area contributed by atoms with Crippen molar-refractivity contribution >= 4 is 5.91 Å². The largest absolute Gasteiger partial charge is 0.512 e. The van der Waals surface area contributed by atoms with Crippen molar-refractivity contribution in [3.8, 4) is 5.75 Å². The molecule has 2 aromatic carbocycles. The van der Waals surface area contributed by atoms with Gasteiger partial charge in [0, 0.05) is 24.6 Å². The van der Waals surface area contributed by atoms with Gasteiger partial charge in [0.15, 0.2) is 0 Å². The normalized spacial score (nSPS) is 15.7. The Balaban J connectivity index is 1.28. The molecule has 0 radical (unpaired) electrons. The summed E-state index contributed by atoms with van der Waals surface area (Å²) in [6.45, 7) is 5.11. The van der Waals surface area contributed by atoms with E-state index in [4.69, 9.17) is 9.47 Å². The van der Waals surface area contributed by atoms with Crippen LogP contribution in [0.3, 0.4) is 0 Å². The van der Waals surface area contributed by atoms with Gasteiger partial charge in [-0.05, 0) is 72.8 Å². The third-order valence-corrected chi connectivity index (χ3v) is 6.89. The third-order valence-electron chi connectivity index (χ3n) is 6.89. The second-order valence-corrected chi connectivity index (χ2v) is 10.1. The second kappa shape index (κ2) is 17.5. The van der Waals surface area contributed by atoms with Crippen LogP contribution in [0.25, 0.3) is 0 Å². The molecule has 8 heteroatoms. The van der Waals surface area contributed by atoms with Crippen LogP contribution in [0.4, 0.5) is 0 Å². The molecule has 0 bridgehead atoms. The van der Waals surface area contributed by atoms with Gasteiger partial charge in [0.1, 0.15) is 12.4 Å². The highest BCUT2D eigenvalue weighted by Crippen LogP contribution is 2.25. The molecule has 1 aliphatic carbocycles. The molecular weight excluding hydrogens is 508 g/mol. The Kier molecular flexibility index (Phi) is 13.7. The fourth-order valence-corrected chi connectivity index (χ4v) is 4.44. The maximum absolute atomic E-state index is 12.3. The lowest BCUT2D eigenvalue weighted by atomic mass is 9.90. The Morgan fingerprint density at radius 2 is 1.88 bits per heavy atom. The van der Waals surface area contributed by atoms with Gasteiger partial charge < -0.3 is 35.4 Å². The van der Waals surface area contributed by atoms with Crippen molar-refractivity contribution in [1.82, 2.24) is 10.6 Å². The highest BCUT2D eigenvalue weighted by Gasteiger charge is 2.22. The molecule has 40 heavy (non-hydrogen) atoms. The number of hydrogen-bond acceptors (Lipinski definition) is 7. The van der Waals surface area contributed by atoms with Gasteiger partial charge in [-0.1, -0.05) is 50.1 Å². The highest BCUT2D eigenvalue weighted by molar-refractivity contribution is 5.94. The minimum atomic E-state index is -0.653. The zero-order valence-electron chi connectivity index (χ0n) is 23.5. The zero-order chi connectivity index (χ0) is 28.6. The number of rotatable bonds is 18. The summed E-state index contributed by atoms with van der Waals surface area (Å²) >= 11 is 0. The number of benzene rings is 2. The summed E-state index contributed by atoms with van der Waals surface area (Å²) < 4.78 is 11.5. The number of ether oxygens (including phenoxy) is 2. The summed E-state index contributed by atoms with van der Waals surface area (Å²) in [5.74, 6) is 0.550. The lowest BCUT2D eigenvalue weighted by Crippen LogP contribution is -2.31. The maximum Gasteiger partial charge on any atom is 0.251 e. The van der Waals surface area contributed by atoms with E-state index in [9.17, 15) is 20.1 Å². The molecule has 0 heterocycles. The number of carbonyl (C=O) groups excluding carboxylic acids is 1. The predicted molar refractivity (Wildman–Crippen MR) is 156 cm³/mol. The van der Waals surface area contributed by atoms with Crippen molar-refractivity contribution in [3.63, 3.8) is 0 Å². The average molecular weight is 553 g/mol. The van der Waals surface area contributed by atoms with E-state index < -0.39 is 6.10 Å². The average Bonchev–Trinajstić information content (AvgIpc) is 2.98. The van der Waals surface area contributed by atoms with Crippen LogP contribution in [-0.4, -0.2) is 66.8 Å². The van der Waals surface area contributed by atoms with E-state index in [0.717, 1.165) is 48.1 Å². The molecule has 1 aliphatic rings. The molecule has 8 nitrogen and oxygen atoms in total. The first kappa shape index (κ1) is 31.4. The zero-order valence-corrected chi connectivity index (χ0v) is 23.5. The summed E-state index contributed by atoms with van der Waals surface area (Å²) in [7, 11) is 0. The molecule has 3 rings (SSSR count). The van der Waals surface area contributed by atoms with Gasteiger partial charge in [-0.15, -0.1) is 0 Å². The molecule has 5 N–H and O–H groups in total. The minimum Gasteiger partial charge on any atom is -0.512 e. The van der Waals surface area contributed by atoms with Crippen molar-refractivity contribution in [2.75, 3.05) is 39.5 Å². The third kappa shape index (κ3) is 10.8. The fraction of sp³-hybridized carbons (Fsp3) is 0.469. The number of allylic oxidation sites excluding steroid dienone is 2. The lowest BCUT2D eigenvalue weighted by Gasteiger charge is -2.23. The number of hydrogen-bond donors (Lipinski definition) is 5. The van der Waals surface area contributed by atoms with Crippen LogP contribution in [-0.2, 0) is 17.8 Å². The molecule has 2 aromatic rings. The van der Waals surface area contributed by atoms with Gasteiger partial charge in [-0.2, -0.15) is 0 Å². The van der Waals surface area contributed by atoms with Gasteiger partial charge in [-0.3, -0.25) is 4.79 Å². The lowest BCUT2D eigenvalue weighted by molar-refractivity contribution is 0.0886. The molecule has 2 atom stereocenters. The first-order chi connectivity index (χ1) is 19.5. The minimum absolute atomic E-state index is 0.0494. The van der Waals surface area contributed by atoms with Gasteiger partial charge >= 0.3 is 0 Å². The predicted octanol–water partition coefficient (Wildman–Crippen LogP) is 4.08.